The molecule has 2 aromatic rings. The highest BCUT2D eigenvalue weighted by Gasteiger charge is 2.08. The van der Waals surface area contributed by atoms with Gasteiger partial charge < -0.3 is 10.1 Å². The van der Waals surface area contributed by atoms with E-state index in [2.05, 4.69) is 58.5 Å². The molecule has 2 aromatic carbocycles. The number of nitrogens with one attached hydrogen (secondary N) is 1. The second kappa shape index (κ2) is 7.46. The highest BCUT2D eigenvalue weighted by Crippen LogP contribution is 2.23. The first kappa shape index (κ1) is 15.1. The lowest BCUT2D eigenvalue weighted by Gasteiger charge is -2.16. The van der Waals surface area contributed by atoms with Crippen molar-refractivity contribution >= 4 is 15.9 Å². The van der Waals surface area contributed by atoms with E-state index in [1.807, 2.05) is 25.1 Å². The Balaban J connectivity index is 1.98. The van der Waals surface area contributed by atoms with Crippen molar-refractivity contribution in [3.63, 3.8) is 0 Å². The van der Waals surface area contributed by atoms with Crippen molar-refractivity contribution < 1.29 is 4.74 Å². The predicted octanol–water partition coefficient (Wildman–Crippen LogP) is 4.70. The van der Waals surface area contributed by atoms with E-state index in [0.717, 1.165) is 16.8 Å². The Morgan fingerprint density at radius 2 is 1.95 bits per heavy atom. The molecule has 0 saturated carbocycles. The van der Waals surface area contributed by atoms with Crippen LogP contribution >= 0.6 is 15.9 Å². The van der Waals surface area contributed by atoms with E-state index < -0.39 is 0 Å². The number of benzene rings is 2. The van der Waals surface area contributed by atoms with Gasteiger partial charge in [0, 0.05) is 17.1 Å². The Morgan fingerprint density at radius 3 is 2.70 bits per heavy atom. The Morgan fingerprint density at radius 1 is 1.15 bits per heavy atom. The van der Waals surface area contributed by atoms with Gasteiger partial charge in [-0.2, -0.15) is 0 Å². The molecule has 0 aliphatic rings. The van der Waals surface area contributed by atoms with Gasteiger partial charge in [0.2, 0.25) is 0 Å². The second-order valence-corrected chi connectivity index (χ2v) is 5.56. The van der Waals surface area contributed by atoms with Gasteiger partial charge in [0.05, 0.1) is 6.61 Å². The van der Waals surface area contributed by atoms with Gasteiger partial charge >= 0.3 is 0 Å². The molecule has 2 nitrogen and oxygen atoms in total. The van der Waals surface area contributed by atoms with E-state index >= 15 is 0 Å². The van der Waals surface area contributed by atoms with Crippen LogP contribution in [0.2, 0.25) is 0 Å². The van der Waals surface area contributed by atoms with Crippen molar-refractivity contribution in [1.29, 1.82) is 0 Å². The molecule has 0 aliphatic heterocycles. The number of halogens is 1. The number of rotatable bonds is 6. The van der Waals surface area contributed by atoms with Gasteiger partial charge in [-0.1, -0.05) is 46.3 Å². The van der Waals surface area contributed by atoms with Crippen LogP contribution < -0.4 is 10.1 Å². The van der Waals surface area contributed by atoms with Crippen molar-refractivity contribution in [3.8, 4) is 5.75 Å². The van der Waals surface area contributed by atoms with Crippen LogP contribution in [-0.4, -0.2) is 6.61 Å². The molecular weight excluding hydrogens is 314 g/mol. The first-order chi connectivity index (χ1) is 9.70. The zero-order valence-corrected chi connectivity index (χ0v) is 13.5. The summed E-state index contributed by atoms with van der Waals surface area (Å²) in [6.07, 6.45) is 0. The van der Waals surface area contributed by atoms with Gasteiger partial charge in [-0.05, 0) is 43.2 Å². The van der Waals surface area contributed by atoms with E-state index in [-0.39, 0.29) is 0 Å². The van der Waals surface area contributed by atoms with E-state index in [1.165, 1.54) is 11.1 Å². The van der Waals surface area contributed by atoms with Crippen molar-refractivity contribution in [3.05, 3.63) is 64.1 Å². The minimum Gasteiger partial charge on any atom is -0.494 e. The van der Waals surface area contributed by atoms with Gasteiger partial charge in [-0.25, -0.2) is 0 Å². The molecule has 0 saturated heterocycles. The lowest BCUT2D eigenvalue weighted by Crippen LogP contribution is -2.18. The molecule has 20 heavy (non-hydrogen) atoms. The molecule has 0 aromatic heterocycles. The van der Waals surface area contributed by atoms with Gasteiger partial charge in [0.15, 0.2) is 0 Å². The fourth-order valence-electron chi connectivity index (χ4n) is 2.12. The molecule has 0 amide bonds. The van der Waals surface area contributed by atoms with Crippen LogP contribution in [0.5, 0.6) is 5.75 Å². The lowest BCUT2D eigenvalue weighted by atomic mass is 10.1. The maximum Gasteiger partial charge on any atom is 0.119 e. The standard InChI is InChI=1S/C17H20BrNO/c1-3-20-15-8-6-7-14(11-15)12-19-13(2)16-9-4-5-10-17(16)18/h4-11,13,19H,3,12H2,1-2H3/t13-/m0/s1. The molecule has 1 N–H and O–H groups in total. The Bertz CT molecular complexity index is 556. The average Bonchev–Trinajstić information content (AvgIpc) is 2.46. The molecule has 2 rings (SSSR count). The fourth-order valence-corrected chi connectivity index (χ4v) is 2.75. The summed E-state index contributed by atoms with van der Waals surface area (Å²) >= 11 is 3.60. The highest BCUT2D eigenvalue weighted by molar-refractivity contribution is 9.10. The fraction of sp³-hybridized carbons (Fsp3) is 0.294. The van der Waals surface area contributed by atoms with E-state index in [9.17, 15) is 0 Å². The average molecular weight is 334 g/mol. The minimum absolute atomic E-state index is 0.293. The first-order valence-corrected chi connectivity index (χ1v) is 7.69. The quantitative estimate of drug-likeness (QED) is 0.827. The lowest BCUT2D eigenvalue weighted by molar-refractivity contribution is 0.339. The van der Waals surface area contributed by atoms with Crippen LogP contribution in [0.15, 0.2) is 53.0 Å². The third-order valence-electron chi connectivity index (χ3n) is 3.19. The Labute approximate surface area is 129 Å². The molecule has 0 aliphatic carbocycles. The summed E-state index contributed by atoms with van der Waals surface area (Å²) in [6, 6.07) is 16.8. The molecule has 0 fully saturated rings. The summed E-state index contributed by atoms with van der Waals surface area (Å²) in [5, 5.41) is 3.54. The van der Waals surface area contributed by atoms with Crippen LogP contribution in [0.3, 0.4) is 0 Å². The molecule has 106 valence electrons. The summed E-state index contributed by atoms with van der Waals surface area (Å²) in [7, 11) is 0. The summed E-state index contributed by atoms with van der Waals surface area (Å²) in [5.41, 5.74) is 2.50. The molecule has 3 heteroatoms. The Hall–Kier alpha value is -1.32. The summed E-state index contributed by atoms with van der Waals surface area (Å²) in [5.74, 6) is 0.931. The zero-order chi connectivity index (χ0) is 14.4. The van der Waals surface area contributed by atoms with Gasteiger partial charge in [0.25, 0.3) is 0 Å². The van der Waals surface area contributed by atoms with Crippen molar-refractivity contribution in [2.45, 2.75) is 26.4 Å². The monoisotopic (exact) mass is 333 g/mol. The smallest absolute Gasteiger partial charge is 0.119 e. The van der Waals surface area contributed by atoms with Gasteiger partial charge in [0.1, 0.15) is 5.75 Å². The number of hydrogen-bond donors (Lipinski definition) is 1. The largest absolute Gasteiger partial charge is 0.494 e. The normalized spacial score (nSPS) is 12.2. The molecule has 0 unspecified atom stereocenters. The third kappa shape index (κ3) is 4.09. The number of hydrogen-bond acceptors (Lipinski definition) is 2. The van der Waals surface area contributed by atoms with E-state index in [4.69, 9.17) is 4.74 Å². The summed E-state index contributed by atoms with van der Waals surface area (Å²) in [6.45, 7) is 5.69. The molecule has 0 heterocycles. The first-order valence-electron chi connectivity index (χ1n) is 6.90. The third-order valence-corrected chi connectivity index (χ3v) is 3.92. The van der Waals surface area contributed by atoms with Crippen molar-refractivity contribution in [1.82, 2.24) is 5.32 Å². The molecule has 0 spiro atoms. The maximum atomic E-state index is 5.52. The molecule has 0 bridgehead atoms. The zero-order valence-electron chi connectivity index (χ0n) is 11.9. The summed E-state index contributed by atoms with van der Waals surface area (Å²) < 4.78 is 6.66. The maximum absolute atomic E-state index is 5.52. The summed E-state index contributed by atoms with van der Waals surface area (Å²) in [4.78, 5) is 0. The van der Waals surface area contributed by atoms with Crippen molar-refractivity contribution in [2.75, 3.05) is 6.61 Å². The Kier molecular flexibility index (Phi) is 5.62. The van der Waals surface area contributed by atoms with Crippen LogP contribution in [0.1, 0.15) is 31.0 Å². The van der Waals surface area contributed by atoms with E-state index in [0.29, 0.717) is 12.6 Å². The highest BCUT2D eigenvalue weighted by atomic mass is 79.9. The van der Waals surface area contributed by atoms with Crippen molar-refractivity contribution in [2.24, 2.45) is 0 Å². The topological polar surface area (TPSA) is 21.3 Å². The number of ether oxygens (including phenoxy) is 1. The van der Waals surface area contributed by atoms with Crippen LogP contribution in [-0.2, 0) is 6.54 Å². The minimum atomic E-state index is 0.293. The molecule has 1 atom stereocenters. The van der Waals surface area contributed by atoms with E-state index in [1.54, 1.807) is 0 Å². The van der Waals surface area contributed by atoms with Gasteiger partial charge in [-0.3, -0.25) is 0 Å². The molecule has 0 radical (unpaired) electrons. The SMILES string of the molecule is CCOc1cccc(CN[C@@H](C)c2ccccc2Br)c1. The van der Waals surface area contributed by atoms with Crippen LogP contribution in [0.4, 0.5) is 0 Å². The second-order valence-electron chi connectivity index (χ2n) is 4.70. The van der Waals surface area contributed by atoms with Gasteiger partial charge in [-0.15, -0.1) is 0 Å². The molecular formula is C17H20BrNO. The van der Waals surface area contributed by atoms with Crippen LogP contribution in [0.25, 0.3) is 0 Å². The predicted molar refractivity (Wildman–Crippen MR) is 87.0 cm³/mol. The van der Waals surface area contributed by atoms with Crippen LogP contribution in [0, 0.1) is 0 Å².